The highest BCUT2D eigenvalue weighted by molar-refractivity contribution is 7.98. The number of nitrogens with zero attached hydrogens (tertiary/aromatic N) is 3. The summed E-state index contributed by atoms with van der Waals surface area (Å²) in [5, 5.41) is 12.6. The average molecular weight is 328 g/mol. The first kappa shape index (κ1) is 18.2. The molecular formula is C13H20N4O4S. The van der Waals surface area contributed by atoms with Gasteiger partial charge in [0, 0.05) is 10.7 Å². The Morgan fingerprint density at radius 2 is 2.23 bits per heavy atom. The van der Waals surface area contributed by atoms with Gasteiger partial charge >= 0.3 is 0 Å². The van der Waals surface area contributed by atoms with Crippen LogP contribution in [0.1, 0.15) is 11.5 Å². The van der Waals surface area contributed by atoms with Crippen LogP contribution < -0.4 is 5.32 Å². The number of carbonyl (C=O) groups excluding carboxylic acids is 1. The van der Waals surface area contributed by atoms with Crippen molar-refractivity contribution in [3.63, 3.8) is 0 Å². The van der Waals surface area contributed by atoms with Crippen LogP contribution in [0, 0.1) is 10.1 Å². The molecule has 8 nitrogen and oxygen atoms in total. The zero-order chi connectivity index (χ0) is 16.4. The van der Waals surface area contributed by atoms with Crippen LogP contribution in [0.15, 0.2) is 21.5 Å². The molecule has 0 saturated carbocycles. The summed E-state index contributed by atoms with van der Waals surface area (Å²) in [5.74, 6) is 3.29. The van der Waals surface area contributed by atoms with Gasteiger partial charge in [-0.3, -0.25) is 19.9 Å². The molecule has 0 spiro atoms. The normalized spacial score (nSPS) is 11.7. The van der Waals surface area contributed by atoms with Crippen molar-refractivity contribution in [1.29, 1.82) is 0 Å². The van der Waals surface area contributed by atoms with Crippen molar-refractivity contribution in [3.05, 3.63) is 33.8 Å². The smallest absolute Gasteiger partial charge is 0.260 e. The molecule has 0 aliphatic carbocycles. The number of amidine groups is 1. The Bertz CT molecular complexity index is 516. The molecule has 1 rings (SSSR count). The van der Waals surface area contributed by atoms with Crippen LogP contribution >= 0.6 is 11.8 Å². The fraction of sp³-hybridized carbons (Fsp3) is 0.538. The van der Waals surface area contributed by atoms with Crippen LogP contribution in [0.25, 0.3) is 0 Å². The zero-order valence-electron chi connectivity index (χ0n) is 12.7. The fourth-order valence-corrected chi connectivity index (χ4v) is 2.37. The molecule has 0 aliphatic rings. The van der Waals surface area contributed by atoms with Crippen molar-refractivity contribution in [3.8, 4) is 0 Å². The lowest BCUT2D eigenvalue weighted by molar-refractivity contribution is -0.463. The lowest BCUT2D eigenvalue weighted by Gasteiger charge is -2.05. The number of amides is 1. The number of carbonyl (C=O) groups is 1. The topological polar surface area (TPSA) is 101 Å². The lowest BCUT2D eigenvalue weighted by atomic mass is 10.4. The van der Waals surface area contributed by atoms with E-state index in [0.29, 0.717) is 24.5 Å². The van der Waals surface area contributed by atoms with Gasteiger partial charge in [-0.1, -0.05) is 0 Å². The van der Waals surface area contributed by atoms with Gasteiger partial charge in [-0.15, -0.1) is 0 Å². The summed E-state index contributed by atoms with van der Waals surface area (Å²) in [5.41, 5.74) is 0. The van der Waals surface area contributed by atoms with E-state index in [-0.39, 0.29) is 5.84 Å². The molecule has 0 radical (unpaired) electrons. The minimum atomic E-state index is -0.530. The predicted molar refractivity (Wildman–Crippen MR) is 85.6 cm³/mol. The predicted octanol–water partition coefficient (Wildman–Crippen LogP) is 0.996. The molecule has 0 bridgehead atoms. The van der Waals surface area contributed by atoms with Gasteiger partial charge in [-0.05, 0) is 26.2 Å². The Morgan fingerprint density at radius 3 is 2.86 bits per heavy atom. The molecule has 22 heavy (non-hydrogen) atoms. The molecule has 9 heteroatoms. The van der Waals surface area contributed by atoms with E-state index in [1.54, 1.807) is 11.8 Å². The van der Waals surface area contributed by atoms with Gasteiger partial charge in [-0.25, -0.2) is 0 Å². The molecule has 1 heterocycles. The highest BCUT2D eigenvalue weighted by Crippen LogP contribution is 2.16. The van der Waals surface area contributed by atoms with E-state index < -0.39 is 11.5 Å². The van der Waals surface area contributed by atoms with Crippen molar-refractivity contribution in [2.24, 2.45) is 4.99 Å². The first-order valence-electron chi connectivity index (χ1n) is 6.66. The van der Waals surface area contributed by atoms with Crippen LogP contribution in [-0.2, 0) is 17.1 Å². The molecular weight excluding hydrogens is 308 g/mol. The molecule has 122 valence electrons. The first-order chi connectivity index (χ1) is 10.5. The third-order valence-electron chi connectivity index (χ3n) is 2.48. The van der Waals surface area contributed by atoms with E-state index in [1.807, 2.05) is 31.1 Å². The minimum absolute atomic E-state index is 0.0758. The van der Waals surface area contributed by atoms with Crippen molar-refractivity contribution in [2.45, 2.75) is 12.3 Å². The molecule has 1 aromatic rings. The van der Waals surface area contributed by atoms with Crippen LogP contribution in [0.4, 0.5) is 0 Å². The Labute approximate surface area is 133 Å². The SMILES string of the molecule is CN(C)Cc1ccc(CSCCN=C(C[N+](=O)[O-])NC=O)o1. The average Bonchev–Trinajstić information content (AvgIpc) is 2.84. The molecule has 0 atom stereocenters. The number of hydrogen-bond donors (Lipinski definition) is 1. The summed E-state index contributed by atoms with van der Waals surface area (Å²) in [6.45, 7) is 0.687. The maximum absolute atomic E-state index is 10.4. The summed E-state index contributed by atoms with van der Waals surface area (Å²) in [6, 6.07) is 3.90. The van der Waals surface area contributed by atoms with Gasteiger partial charge in [0.05, 0.1) is 18.8 Å². The summed E-state index contributed by atoms with van der Waals surface area (Å²) >= 11 is 1.62. The van der Waals surface area contributed by atoms with Gasteiger partial charge in [0.1, 0.15) is 11.5 Å². The Hall–Kier alpha value is -1.87. The van der Waals surface area contributed by atoms with Gasteiger partial charge in [0.2, 0.25) is 6.41 Å². The number of furan rings is 1. The molecule has 1 N–H and O–H groups in total. The molecule has 1 amide bonds. The summed E-state index contributed by atoms with van der Waals surface area (Å²) < 4.78 is 5.67. The largest absolute Gasteiger partial charge is 0.464 e. The Balaban J connectivity index is 2.30. The Kier molecular flexibility index (Phi) is 8.23. The second-order valence-electron chi connectivity index (χ2n) is 4.74. The zero-order valence-corrected chi connectivity index (χ0v) is 13.5. The van der Waals surface area contributed by atoms with E-state index in [0.717, 1.165) is 18.1 Å². The second-order valence-corrected chi connectivity index (χ2v) is 5.85. The minimum Gasteiger partial charge on any atom is -0.464 e. The molecule has 0 unspecified atom stereocenters. The van der Waals surface area contributed by atoms with Crippen molar-refractivity contribution in [1.82, 2.24) is 10.2 Å². The van der Waals surface area contributed by atoms with E-state index in [1.165, 1.54) is 0 Å². The quantitative estimate of drug-likeness (QED) is 0.172. The van der Waals surface area contributed by atoms with E-state index >= 15 is 0 Å². The summed E-state index contributed by atoms with van der Waals surface area (Å²) in [4.78, 5) is 26.2. The van der Waals surface area contributed by atoms with E-state index in [2.05, 4.69) is 10.3 Å². The Morgan fingerprint density at radius 1 is 1.50 bits per heavy atom. The van der Waals surface area contributed by atoms with E-state index in [9.17, 15) is 14.9 Å². The highest BCUT2D eigenvalue weighted by atomic mass is 32.2. The molecule has 0 aliphatic heterocycles. The number of nitrogens with one attached hydrogen (secondary N) is 1. The molecule has 0 saturated heterocycles. The third-order valence-corrected chi connectivity index (χ3v) is 3.44. The highest BCUT2D eigenvalue weighted by Gasteiger charge is 2.06. The lowest BCUT2D eigenvalue weighted by Crippen LogP contribution is -2.29. The summed E-state index contributed by atoms with van der Waals surface area (Å²) in [7, 11) is 3.95. The molecule has 0 fully saturated rings. The van der Waals surface area contributed by atoms with Crippen LogP contribution in [0.3, 0.4) is 0 Å². The third kappa shape index (κ3) is 7.79. The van der Waals surface area contributed by atoms with Crippen LogP contribution in [-0.4, -0.2) is 55.0 Å². The van der Waals surface area contributed by atoms with Gasteiger partial charge in [-0.2, -0.15) is 11.8 Å². The maximum atomic E-state index is 10.4. The number of nitro groups is 1. The first-order valence-corrected chi connectivity index (χ1v) is 7.82. The second kappa shape index (κ2) is 9.96. The number of aliphatic imine (C=N–C) groups is 1. The van der Waals surface area contributed by atoms with Gasteiger partial charge in [0.25, 0.3) is 6.54 Å². The molecule has 0 aromatic carbocycles. The molecule has 1 aromatic heterocycles. The standard InChI is InChI=1S/C13H20N4O4S/c1-16(2)7-11-3-4-12(21-11)9-22-6-5-14-13(15-10-18)8-17(19)20/h3-4,10H,5-9H2,1-2H3,(H,14,15,18). The van der Waals surface area contributed by atoms with Crippen molar-refractivity contribution in [2.75, 3.05) is 32.9 Å². The van der Waals surface area contributed by atoms with Gasteiger partial charge < -0.3 is 14.6 Å². The fourth-order valence-electron chi connectivity index (χ4n) is 1.65. The van der Waals surface area contributed by atoms with Crippen molar-refractivity contribution < 1.29 is 14.1 Å². The van der Waals surface area contributed by atoms with Gasteiger partial charge in [0.15, 0.2) is 5.84 Å². The van der Waals surface area contributed by atoms with Crippen LogP contribution in [0.2, 0.25) is 0 Å². The van der Waals surface area contributed by atoms with Crippen molar-refractivity contribution >= 4 is 24.0 Å². The number of thioether (sulfide) groups is 1. The monoisotopic (exact) mass is 328 g/mol. The number of hydrogen-bond acceptors (Lipinski definition) is 7. The maximum Gasteiger partial charge on any atom is 0.260 e. The van der Waals surface area contributed by atoms with Crippen LogP contribution in [0.5, 0.6) is 0 Å². The van der Waals surface area contributed by atoms with E-state index in [4.69, 9.17) is 4.42 Å². The summed E-state index contributed by atoms with van der Waals surface area (Å²) in [6.07, 6.45) is 0.393. The number of rotatable bonds is 10.